The number of nitrogens with zero attached hydrogens (tertiary/aromatic N) is 2. The Morgan fingerprint density at radius 3 is 2.32 bits per heavy atom. The van der Waals surface area contributed by atoms with Gasteiger partial charge in [-0.3, -0.25) is 14.5 Å². The van der Waals surface area contributed by atoms with E-state index in [2.05, 4.69) is 9.88 Å². The summed E-state index contributed by atoms with van der Waals surface area (Å²) in [5.41, 5.74) is 2.50. The molecule has 2 heterocycles. The quantitative estimate of drug-likeness (QED) is 0.207. The van der Waals surface area contributed by atoms with Crippen LogP contribution in [0.2, 0.25) is 10.0 Å². The molecule has 3 aromatic carbocycles. The first-order valence-corrected chi connectivity index (χ1v) is 14.1. The molecule has 0 unspecified atom stereocenters. The monoisotopic (exact) mass is 567 g/mol. The standard InChI is InChI=1S/C29H27Cl2N3O3S/c30-22-4-1-20(2-5-22)18-34(19-38-24-8-6-23(31)7-9-24)29(36)26-16-32-27-10-3-21(15-25(27)28(26)35)17-33-11-13-37-14-12-33/h1-10,15-16H,11-14,17-19H2,(H,32,35). The molecule has 38 heavy (non-hydrogen) atoms. The lowest BCUT2D eigenvalue weighted by Crippen LogP contribution is -2.35. The Hall–Kier alpha value is -2.81. The number of amides is 1. The molecule has 196 valence electrons. The van der Waals surface area contributed by atoms with Crippen molar-refractivity contribution in [2.75, 3.05) is 32.2 Å². The third-order valence-corrected chi connectivity index (χ3v) is 8.01. The zero-order chi connectivity index (χ0) is 26.5. The van der Waals surface area contributed by atoms with Gasteiger partial charge in [-0.25, -0.2) is 0 Å². The number of pyridine rings is 1. The first-order chi connectivity index (χ1) is 18.5. The van der Waals surface area contributed by atoms with Crippen LogP contribution in [0, 0.1) is 0 Å². The maximum Gasteiger partial charge on any atom is 0.260 e. The number of nitrogens with one attached hydrogen (secondary N) is 1. The van der Waals surface area contributed by atoms with Gasteiger partial charge < -0.3 is 14.6 Å². The molecule has 0 atom stereocenters. The Morgan fingerprint density at radius 2 is 1.61 bits per heavy atom. The van der Waals surface area contributed by atoms with Crippen molar-refractivity contribution in [3.05, 3.63) is 110 Å². The summed E-state index contributed by atoms with van der Waals surface area (Å²) in [7, 11) is 0. The van der Waals surface area contributed by atoms with Gasteiger partial charge in [0.25, 0.3) is 5.91 Å². The molecule has 1 saturated heterocycles. The molecular formula is C29H27Cl2N3O3S. The van der Waals surface area contributed by atoms with E-state index in [1.165, 1.54) is 18.0 Å². The molecule has 1 aromatic heterocycles. The van der Waals surface area contributed by atoms with Crippen LogP contribution in [-0.2, 0) is 17.8 Å². The van der Waals surface area contributed by atoms with Crippen molar-refractivity contribution < 1.29 is 9.53 Å². The van der Waals surface area contributed by atoms with Crippen molar-refractivity contribution in [1.29, 1.82) is 0 Å². The van der Waals surface area contributed by atoms with E-state index in [4.69, 9.17) is 27.9 Å². The number of hydrogen-bond donors (Lipinski definition) is 1. The molecule has 1 fully saturated rings. The van der Waals surface area contributed by atoms with E-state index in [0.29, 0.717) is 46.6 Å². The van der Waals surface area contributed by atoms with Crippen LogP contribution in [0.25, 0.3) is 10.9 Å². The first-order valence-electron chi connectivity index (χ1n) is 12.3. The Balaban J connectivity index is 1.42. The van der Waals surface area contributed by atoms with Crippen LogP contribution in [0.3, 0.4) is 0 Å². The number of H-pyrrole nitrogens is 1. The Bertz CT molecular complexity index is 1470. The number of benzene rings is 3. The van der Waals surface area contributed by atoms with Gasteiger partial charge >= 0.3 is 0 Å². The van der Waals surface area contributed by atoms with Crippen molar-refractivity contribution in [2.24, 2.45) is 0 Å². The lowest BCUT2D eigenvalue weighted by atomic mass is 10.1. The number of ether oxygens (including phenoxy) is 1. The maximum absolute atomic E-state index is 13.8. The van der Waals surface area contributed by atoms with Crippen LogP contribution < -0.4 is 5.43 Å². The fraction of sp³-hybridized carbons (Fsp3) is 0.241. The molecule has 1 N–H and O–H groups in total. The fourth-order valence-electron chi connectivity index (χ4n) is 4.38. The van der Waals surface area contributed by atoms with Crippen molar-refractivity contribution >= 4 is 51.8 Å². The molecule has 9 heteroatoms. The largest absolute Gasteiger partial charge is 0.379 e. The molecule has 0 radical (unpaired) electrons. The van der Waals surface area contributed by atoms with Crippen LogP contribution in [0.4, 0.5) is 0 Å². The van der Waals surface area contributed by atoms with Crippen LogP contribution in [0.15, 0.2) is 82.6 Å². The van der Waals surface area contributed by atoms with Crippen LogP contribution in [-0.4, -0.2) is 52.9 Å². The van der Waals surface area contributed by atoms with Gasteiger partial charge in [0.1, 0.15) is 5.56 Å². The summed E-state index contributed by atoms with van der Waals surface area (Å²) in [6.07, 6.45) is 1.52. The minimum atomic E-state index is -0.330. The number of fused-ring (bicyclic) bond motifs is 1. The van der Waals surface area contributed by atoms with E-state index < -0.39 is 0 Å². The van der Waals surface area contributed by atoms with Crippen LogP contribution >= 0.6 is 35.0 Å². The minimum Gasteiger partial charge on any atom is -0.379 e. The average molecular weight is 569 g/mol. The highest BCUT2D eigenvalue weighted by molar-refractivity contribution is 7.99. The Labute approximate surface area is 235 Å². The Morgan fingerprint density at radius 1 is 0.947 bits per heavy atom. The lowest BCUT2D eigenvalue weighted by molar-refractivity contribution is 0.0342. The van der Waals surface area contributed by atoms with Gasteiger partial charge in [0.05, 0.1) is 19.1 Å². The molecule has 0 spiro atoms. The van der Waals surface area contributed by atoms with Gasteiger partial charge in [-0.05, 0) is 59.7 Å². The average Bonchev–Trinajstić information content (AvgIpc) is 2.94. The van der Waals surface area contributed by atoms with E-state index in [1.807, 2.05) is 54.6 Å². The van der Waals surface area contributed by atoms with Crippen molar-refractivity contribution in [1.82, 2.24) is 14.8 Å². The summed E-state index contributed by atoms with van der Waals surface area (Å²) in [4.78, 5) is 35.5. The number of aromatic amines is 1. The van der Waals surface area contributed by atoms with E-state index in [1.54, 1.807) is 17.0 Å². The fourth-order valence-corrected chi connectivity index (χ4v) is 5.47. The molecule has 5 rings (SSSR count). The summed E-state index contributed by atoms with van der Waals surface area (Å²) < 4.78 is 5.44. The lowest BCUT2D eigenvalue weighted by Gasteiger charge is -2.26. The summed E-state index contributed by atoms with van der Waals surface area (Å²) in [6.45, 7) is 4.22. The molecule has 0 bridgehead atoms. The Kier molecular flexibility index (Phi) is 8.72. The zero-order valence-electron chi connectivity index (χ0n) is 20.7. The number of rotatable bonds is 8. The second-order valence-corrected chi connectivity index (χ2v) is 11.0. The molecule has 1 aliphatic rings. The van der Waals surface area contributed by atoms with Crippen LogP contribution in [0.5, 0.6) is 0 Å². The third-order valence-electron chi connectivity index (χ3n) is 6.46. The van der Waals surface area contributed by atoms with E-state index in [-0.39, 0.29) is 16.9 Å². The van der Waals surface area contributed by atoms with Gasteiger partial charge in [0.2, 0.25) is 5.43 Å². The molecular weight excluding hydrogens is 541 g/mol. The molecule has 4 aromatic rings. The summed E-state index contributed by atoms with van der Waals surface area (Å²) in [6, 6.07) is 20.6. The van der Waals surface area contributed by atoms with Crippen molar-refractivity contribution in [3.8, 4) is 0 Å². The highest BCUT2D eigenvalue weighted by Gasteiger charge is 2.21. The van der Waals surface area contributed by atoms with Crippen molar-refractivity contribution in [2.45, 2.75) is 18.0 Å². The molecule has 1 aliphatic heterocycles. The van der Waals surface area contributed by atoms with Gasteiger partial charge in [-0.1, -0.05) is 41.4 Å². The predicted molar refractivity (Wildman–Crippen MR) is 154 cm³/mol. The maximum atomic E-state index is 13.8. The van der Waals surface area contributed by atoms with Gasteiger partial charge in [0, 0.05) is 58.2 Å². The minimum absolute atomic E-state index is 0.117. The highest BCUT2D eigenvalue weighted by atomic mass is 35.5. The van der Waals surface area contributed by atoms with Gasteiger partial charge in [0.15, 0.2) is 0 Å². The molecule has 0 saturated carbocycles. The predicted octanol–water partition coefficient (Wildman–Crippen LogP) is 6.06. The number of halogens is 2. The number of carbonyl (C=O) groups is 1. The summed E-state index contributed by atoms with van der Waals surface area (Å²) in [5, 5.41) is 1.79. The first kappa shape index (κ1) is 26.8. The normalized spacial score (nSPS) is 14.1. The van der Waals surface area contributed by atoms with Gasteiger partial charge in [-0.15, -0.1) is 11.8 Å². The number of aromatic nitrogens is 1. The van der Waals surface area contributed by atoms with Gasteiger partial charge in [-0.2, -0.15) is 0 Å². The number of hydrogen-bond acceptors (Lipinski definition) is 5. The highest BCUT2D eigenvalue weighted by Crippen LogP contribution is 2.24. The summed E-state index contributed by atoms with van der Waals surface area (Å²) >= 11 is 13.6. The topological polar surface area (TPSA) is 65.6 Å². The van der Waals surface area contributed by atoms with E-state index >= 15 is 0 Å². The molecule has 6 nitrogen and oxygen atoms in total. The molecule has 0 aliphatic carbocycles. The van der Waals surface area contributed by atoms with Crippen LogP contribution in [0.1, 0.15) is 21.5 Å². The molecule has 1 amide bonds. The number of carbonyl (C=O) groups excluding carboxylic acids is 1. The number of morpholine rings is 1. The second-order valence-electron chi connectivity index (χ2n) is 9.16. The second kappa shape index (κ2) is 12.4. The smallest absolute Gasteiger partial charge is 0.260 e. The third kappa shape index (κ3) is 6.60. The SMILES string of the molecule is O=C(c1c[nH]c2ccc(CN3CCOCC3)cc2c1=O)N(CSc1ccc(Cl)cc1)Cc1ccc(Cl)cc1. The zero-order valence-corrected chi connectivity index (χ0v) is 23.0. The summed E-state index contributed by atoms with van der Waals surface area (Å²) in [5.74, 6) is 0.0283. The van der Waals surface area contributed by atoms with Crippen molar-refractivity contribution in [3.63, 3.8) is 0 Å². The van der Waals surface area contributed by atoms with E-state index in [0.717, 1.165) is 35.7 Å². The van der Waals surface area contributed by atoms with E-state index in [9.17, 15) is 9.59 Å². The number of thioether (sulfide) groups is 1.